The molecule has 0 saturated heterocycles. The Balaban J connectivity index is 1.85. The molecule has 0 unspecified atom stereocenters. The summed E-state index contributed by atoms with van der Waals surface area (Å²) < 4.78 is 5.23. The summed E-state index contributed by atoms with van der Waals surface area (Å²) in [4.78, 5) is 34.2. The first-order chi connectivity index (χ1) is 15.2. The zero-order chi connectivity index (χ0) is 23.5. The van der Waals surface area contributed by atoms with Crippen LogP contribution in [0, 0.1) is 11.3 Å². The molecule has 2 aromatic rings. The molecule has 0 radical (unpaired) electrons. The highest BCUT2D eigenvalue weighted by Gasteiger charge is 2.45. The number of methoxy groups -OCH3 is 1. The number of carbonyl (C=O) groups is 2. The summed E-state index contributed by atoms with van der Waals surface area (Å²) in [5.41, 5.74) is 3.47. The SMILES string of the molecule is COCc1ncccc1CNCc1ccc2c(c1)N(C)C(=O)C(C)(C)C(=O)N2CC(C)C. The maximum Gasteiger partial charge on any atom is 0.242 e. The van der Waals surface area contributed by atoms with E-state index in [4.69, 9.17) is 4.74 Å². The first kappa shape index (κ1) is 23.9. The number of fused-ring (bicyclic) bond motifs is 1. The molecule has 1 N–H and O–H groups in total. The lowest BCUT2D eigenvalue weighted by atomic mass is 9.90. The second kappa shape index (κ2) is 9.79. The monoisotopic (exact) mass is 438 g/mol. The molecule has 2 heterocycles. The van der Waals surface area contributed by atoms with Crippen molar-refractivity contribution in [1.82, 2.24) is 10.3 Å². The largest absolute Gasteiger partial charge is 0.378 e. The molecule has 0 aliphatic carbocycles. The fraction of sp³-hybridized carbons (Fsp3) is 0.480. The van der Waals surface area contributed by atoms with Gasteiger partial charge in [-0.25, -0.2) is 0 Å². The fourth-order valence-electron chi connectivity index (χ4n) is 4.03. The number of pyridine rings is 1. The van der Waals surface area contributed by atoms with Crippen LogP contribution in [0.25, 0.3) is 0 Å². The molecular weight excluding hydrogens is 404 g/mol. The molecule has 0 atom stereocenters. The van der Waals surface area contributed by atoms with Crippen LogP contribution in [-0.4, -0.2) is 37.5 Å². The number of benzene rings is 1. The molecule has 3 rings (SSSR count). The highest BCUT2D eigenvalue weighted by molar-refractivity contribution is 6.19. The molecule has 0 bridgehead atoms. The van der Waals surface area contributed by atoms with Crippen LogP contribution in [0.15, 0.2) is 36.5 Å². The number of hydrogen-bond donors (Lipinski definition) is 1. The normalized spacial score (nSPS) is 15.8. The van der Waals surface area contributed by atoms with Crippen LogP contribution in [-0.2, 0) is 34.0 Å². The molecule has 32 heavy (non-hydrogen) atoms. The molecule has 172 valence electrons. The maximum atomic E-state index is 13.3. The van der Waals surface area contributed by atoms with Gasteiger partial charge in [0.2, 0.25) is 11.8 Å². The lowest BCUT2D eigenvalue weighted by molar-refractivity contribution is -0.137. The first-order valence-electron chi connectivity index (χ1n) is 11.0. The van der Waals surface area contributed by atoms with Crippen LogP contribution in [0.2, 0.25) is 0 Å². The Hall–Kier alpha value is -2.77. The van der Waals surface area contributed by atoms with Gasteiger partial charge in [0.15, 0.2) is 0 Å². The maximum absolute atomic E-state index is 13.3. The van der Waals surface area contributed by atoms with E-state index in [1.807, 2.05) is 30.3 Å². The van der Waals surface area contributed by atoms with Gasteiger partial charge in [-0.2, -0.15) is 0 Å². The van der Waals surface area contributed by atoms with Crippen LogP contribution < -0.4 is 15.1 Å². The number of nitrogens with one attached hydrogen (secondary N) is 1. The van der Waals surface area contributed by atoms with Crippen molar-refractivity contribution in [3.05, 3.63) is 53.3 Å². The molecule has 1 aliphatic rings. The molecule has 7 heteroatoms. The second-order valence-corrected chi connectivity index (χ2v) is 9.27. The highest BCUT2D eigenvalue weighted by Crippen LogP contribution is 2.39. The number of aromatic nitrogens is 1. The number of hydrogen-bond acceptors (Lipinski definition) is 5. The standard InChI is InChI=1S/C25H34N4O3/c1-17(2)15-29-21-10-9-18(12-22(21)28(5)23(30)25(3,4)24(29)31)13-26-14-19-8-7-11-27-20(19)16-32-6/h7-12,17,26H,13-16H2,1-6H3. The Labute approximate surface area is 190 Å². The van der Waals surface area contributed by atoms with Gasteiger partial charge in [0.1, 0.15) is 5.41 Å². The van der Waals surface area contributed by atoms with Crippen LogP contribution in [0.1, 0.15) is 44.5 Å². The predicted octanol–water partition coefficient (Wildman–Crippen LogP) is 3.51. The Morgan fingerprint density at radius 1 is 1.09 bits per heavy atom. The summed E-state index contributed by atoms with van der Waals surface area (Å²) in [6.45, 7) is 9.89. The second-order valence-electron chi connectivity index (χ2n) is 9.27. The zero-order valence-corrected chi connectivity index (χ0v) is 19.9. The lowest BCUT2D eigenvalue weighted by Crippen LogP contribution is -2.48. The minimum Gasteiger partial charge on any atom is -0.378 e. The number of nitrogens with zero attached hydrogens (tertiary/aromatic N) is 3. The van der Waals surface area contributed by atoms with E-state index in [0.717, 1.165) is 28.2 Å². The fourth-order valence-corrected chi connectivity index (χ4v) is 4.03. The van der Waals surface area contributed by atoms with Crippen molar-refractivity contribution in [3.63, 3.8) is 0 Å². The smallest absolute Gasteiger partial charge is 0.242 e. The molecule has 0 fully saturated rings. The molecule has 2 amide bonds. The average Bonchev–Trinajstić information content (AvgIpc) is 2.81. The summed E-state index contributed by atoms with van der Waals surface area (Å²) in [6, 6.07) is 9.93. The number of anilines is 2. The van der Waals surface area contributed by atoms with E-state index in [9.17, 15) is 9.59 Å². The zero-order valence-electron chi connectivity index (χ0n) is 19.9. The van der Waals surface area contributed by atoms with Crippen molar-refractivity contribution < 1.29 is 14.3 Å². The van der Waals surface area contributed by atoms with Crippen molar-refractivity contribution >= 4 is 23.2 Å². The number of ether oxygens (including phenoxy) is 1. The molecule has 7 nitrogen and oxygen atoms in total. The molecule has 1 aromatic heterocycles. The van der Waals surface area contributed by atoms with E-state index in [1.165, 1.54) is 0 Å². The van der Waals surface area contributed by atoms with Gasteiger partial charge in [0, 0.05) is 40.0 Å². The number of amides is 2. The van der Waals surface area contributed by atoms with Crippen LogP contribution in [0.3, 0.4) is 0 Å². The number of carbonyl (C=O) groups excluding carboxylic acids is 2. The van der Waals surface area contributed by atoms with Gasteiger partial charge in [0.05, 0.1) is 23.7 Å². The summed E-state index contributed by atoms with van der Waals surface area (Å²) in [5, 5.41) is 3.45. The van der Waals surface area contributed by atoms with Gasteiger partial charge in [-0.1, -0.05) is 26.0 Å². The van der Waals surface area contributed by atoms with Gasteiger partial charge in [-0.3, -0.25) is 14.6 Å². The quantitative estimate of drug-likeness (QED) is 0.639. The van der Waals surface area contributed by atoms with Gasteiger partial charge >= 0.3 is 0 Å². The first-order valence-corrected chi connectivity index (χ1v) is 11.0. The molecule has 0 saturated carbocycles. The van der Waals surface area contributed by atoms with E-state index in [2.05, 4.69) is 24.1 Å². The molecular formula is C25H34N4O3. The third kappa shape index (κ3) is 4.84. The molecule has 0 spiro atoms. The molecule has 1 aliphatic heterocycles. The summed E-state index contributed by atoms with van der Waals surface area (Å²) in [5.74, 6) is -0.0714. The van der Waals surface area contributed by atoms with E-state index >= 15 is 0 Å². The van der Waals surface area contributed by atoms with Gasteiger partial charge < -0.3 is 19.9 Å². The van der Waals surface area contributed by atoms with Crippen LogP contribution in [0.5, 0.6) is 0 Å². The Bertz CT molecular complexity index is 987. The summed E-state index contributed by atoms with van der Waals surface area (Å²) in [7, 11) is 3.41. The van der Waals surface area contributed by atoms with Crippen LogP contribution in [0.4, 0.5) is 11.4 Å². The average molecular weight is 439 g/mol. The predicted molar refractivity (Wildman–Crippen MR) is 126 cm³/mol. The molecule has 1 aromatic carbocycles. The minimum absolute atomic E-state index is 0.157. The topological polar surface area (TPSA) is 74.8 Å². The van der Waals surface area contributed by atoms with Gasteiger partial charge in [-0.15, -0.1) is 0 Å². The van der Waals surface area contributed by atoms with E-state index in [-0.39, 0.29) is 17.7 Å². The Morgan fingerprint density at radius 3 is 2.53 bits per heavy atom. The summed E-state index contributed by atoms with van der Waals surface area (Å²) >= 11 is 0. The van der Waals surface area contributed by atoms with Crippen LogP contribution >= 0.6 is 0 Å². The van der Waals surface area contributed by atoms with E-state index in [1.54, 1.807) is 44.0 Å². The summed E-state index contributed by atoms with van der Waals surface area (Å²) in [6.07, 6.45) is 1.77. The van der Waals surface area contributed by atoms with Crippen molar-refractivity contribution in [2.24, 2.45) is 11.3 Å². The minimum atomic E-state index is -1.11. The van der Waals surface area contributed by atoms with Crippen molar-refractivity contribution in [2.75, 3.05) is 30.5 Å². The van der Waals surface area contributed by atoms with E-state index in [0.29, 0.717) is 26.2 Å². The third-order valence-corrected chi connectivity index (χ3v) is 5.77. The van der Waals surface area contributed by atoms with Crippen molar-refractivity contribution in [3.8, 4) is 0 Å². The third-order valence-electron chi connectivity index (χ3n) is 5.77. The Morgan fingerprint density at radius 2 is 1.84 bits per heavy atom. The van der Waals surface area contributed by atoms with Crippen molar-refractivity contribution in [1.29, 1.82) is 0 Å². The number of rotatable bonds is 8. The van der Waals surface area contributed by atoms with Gasteiger partial charge in [-0.05, 0) is 49.1 Å². The Kier molecular flexibility index (Phi) is 7.31. The van der Waals surface area contributed by atoms with Crippen molar-refractivity contribution in [2.45, 2.75) is 47.4 Å². The highest BCUT2D eigenvalue weighted by atomic mass is 16.5. The van der Waals surface area contributed by atoms with Gasteiger partial charge in [0.25, 0.3) is 0 Å². The lowest BCUT2D eigenvalue weighted by Gasteiger charge is -2.29. The van der Waals surface area contributed by atoms with E-state index < -0.39 is 5.41 Å².